The van der Waals surface area contributed by atoms with Crippen LogP contribution in [0.2, 0.25) is 0 Å². The van der Waals surface area contributed by atoms with E-state index in [-0.39, 0.29) is 18.6 Å². The molecule has 0 bridgehead atoms. The molecular formula is C15H23NO2. The molecule has 1 atom stereocenters. The molecule has 0 unspecified atom stereocenters. The van der Waals surface area contributed by atoms with E-state index in [1.807, 2.05) is 39.0 Å². The van der Waals surface area contributed by atoms with Crippen LogP contribution in [0.3, 0.4) is 0 Å². The number of para-hydroxylation sites is 1. The zero-order chi connectivity index (χ0) is 13.5. The third-order valence-corrected chi connectivity index (χ3v) is 2.89. The Morgan fingerprint density at radius 2 is 1.94 bits per heavy atom. The molecule has 1 aromatic carbocycles. The number of aryl methyl sites for hydroxylation is 2. The Hall–Kier alpha value is -1.51. The maximum absolute atomic E-state index is 11.7. The molecule has 1 N–H and O–H groups in total. The standard InChI is InChI=1S/C15H23NO2/c1-5-7-13(4)16-14(17)10-18-15-11(2)8-6-9-12(15)3/h6,8-9,13H,5,7,10H2,1-4H3,(H,16,17)/t13-/m0/s1. The van der Waals surface area contributed by atoms with Crippen LogP contribution >= 0.6 is 0 Å². The van der Waals surface area contributed by atoms with E-state index in [9.17, 15) is 4.79 Å². The summed E-state index contributed by atoms with van der Waals surface area (Å²) in [5.74, 6) is 0.759. The number of amides is 1. The van der Waals surface area contributed by atoms with Crippen LogP contribution in [0, 0.1) is 13.8 Å². The minimum Gasteiger partial charge on any atom is -0.483 e. The lowest BCUT2D eigenvalue weighted by atomic mass is 10.1. The molecule has 1 aromatic rings. The van der Waals surface area contributed by atoms with Crippen LogP contribution in [0.5, 0.6) is 5.75 Å². The zero-order valence-electron chi connectivity index (χ0n) is 11.7. The number of carbonyl (C=O) groups is 1. The van der Waals surface area contributed by atoms with Crippen LogP contribution in [0.4, 0.5) is 0 Å². The van der Waals surface area contributed by atoms with Crippen LogP contribution in [0.25, 0.3) is 0 Å². The molecule has 0 heterocycles. The maximum atomic E-state index is 11.7. The molecule has 1 rings (SSSR count). The van der Waals surface area contributed by atoms with Gasteiger partial charge in [0.15, 0.2) is 6.61 Å². The van der Waals surface area contributed by atoms with E-state index in [2.05, 4.69) is 12.2 Å². The number of rotatable bonds is 6. The Balaban J connectivity index is 2.48. The van der Waals surface area contributed by atoms with Gasteiger partial charge in [0.2, 0.25) is 0 Å². The normalized spacial score (nSPS) is 12.0. The summed E-state index contributed by atoms with van der Waals surface area (Å²) in [5.41, 5.74) is 2.12. The minimum absolute atomic E-state index is 0.0568. The van der Waals surface area contributed by atoms with E-state index < -0.39 is 0 Å². The minimum atomic E-state index is -0.0568. The molecule has 0 aliphatic rings. The number of ether oxygens (including phenoxy) is 1. The summed E-state index contributed by atoms with van der Waals surface area (Å²) in [7, 11) is 0. The highest BCUT2D eigenvalue weighted by molar-refractivity contribution is 5.77. The second-order valence-corrected chi connectivity index (χ2v) is 4.77. The van der Waals surface area contributed by atoms with Crippen LogP contribution in [0.1, 0.15) is 37.8 Å². The van der Waals surface area contributed by atoms with Crippen molar-refractivity contribution < 1.29 is 9.53 Å². The van der Waals surface area contributed by atoms with Crippen molar-refractivity contribution in [1.29, 1.82) is 0 Å². The summed E-state index contributed by atoms with van der Waals surface area (Å²) >= 11 is 0. The van der Waals surface area contributed by atoms with Gasteiger partial charge in [-0.05, 0) is 38.3 Å². The van der Waals surface area contributed by atoms with Gasteiger partial charge in [-0.15, -0.1) is 0 Å². The highest BCUT2D eigenvalue weighted by Gasteiger charge is 2.09. The summed E-state index contributed by atoms with van der Waals surface area (Å²) in [6, 6.07) is 6.17. The van der Waals surface area contributed by atoms with Crippen molar-refractivity contribution in [2.24, 2.45) is 0 Å². The Bertz CT molecular complexity index is 381. The predicted molar refractivity (Wildman–Crippen MR) is 73.9 cm³/mol. The van der Waals surface area contributed by atoms with Crippen LogP contribution in [-0.4, -0.2) is 18.6 Å². The summed E-state index contributed by atoms with van der Waals surface area (Å²) < 4.78 is 5.60. The van der Waals surface area contributed by atoms with Gasteiger partial charge in [-0.1, -0.05) is 31.5 Å². The molecule has 0 aliphatic heterocycles. The molecule has 18 heavy (non-hydrogen) atoms. The van der Waals surface area contributed by atoms with Gasteiger partial charge in [-0.25, -0.2) is 0 Å². The molecule has 0 saturated heterocycles. The molecule has 0 aromatic heterocycles. The molecule has 0 fully saturated rings. The van der Waals surface area contributed by atoms with Crippen molar-refractivity contribution in [3.63, 3.8) is 0 Å². The second kappa shape index (κ2) is 7.04. The van der Waals surface area contributed by atoms with Gasteiger partial charge in [0.1, 0.15) is 5.75 Å². The van der Waals surface area contributed by atoms with Crippen molar-refractivity contribution >= 4 is 5.91 Å². The first-order valence-corrected chi connectivity index (χ1v) is 6.53. The second-order valence-electron chi connectivity index (χ2n) is 4.77. The van der Waals surface area contributed by atoms with Gasteiger partial charge < -0.3 is 10.1 Å². The lowest BCUT2D eigenvalue weighted by molar-refractivity contribution is -0.123. The summed E-state index contributed by atoms with van der Waals surface area (Å²) in [5, 5.41) is 2.93. The lowest BCUT2D eigenvalue weighted by Crippen LogP contribution is -2.36. The average molecular weight is 249 g/mol. The Morgan fingerprint density at radius 1 is 1.33 bits per heavy atom. The first-order valence-electron chi connectivity index (χ1n) is 6.53. The molecule has 0 spiro atoms. The molecular weight excluding hydrogens is 226 g/mol. The van der Waals surface area contributed by atoms with Crippen LogP contribution in [-0.2, 0) is 4.79 Å². The number of benzene rings is 1. The summed E-state index contributed by atoms with van der Waals surface area (Å²) in [4.78, 5) is 11.7. The summed E-state index contributed by atoms with van der Waals surface area (Å²) in [6.07, 6.45) is 2.06. The predicted octanol–water partition coefficient (Wildman–Crippen LogP) is 2.99. The average Bonchev–Trinajstić information content (AvgIpc) is 2.28. The molecule has 0 radical (unpaired) electrons. The van der Waals surface area contributed by atoms with Crippen molar-refractivity contribution in [3.05, 3.63) is 29.3 Å². The first kappa shape index (κ1) is 14.6. The quantitative estimate of drug-likeness (QED) is 0.841. The summed E-state index contributed by atoms with van der Waals surface area (Å²) in [6.45, 7) is 8.18. The van der Waals surface area contributed by atoms with E-state index >= 15 is 0 Å². The number of hydrogen-bond donors (Lipinski definition) is 1. The van der Waals surface area contributed by atoms with Gasteiger partial charge in [0.25, 0.3) is 5.91 Å². The van der Waals surface area contributed by atoms with Gasteiger partial charge in [0, 0.05) is 6.04 Å². The van der Waals surface area contributed by atoms with Gasteiger partial charge >= 0.3 is 0 Å². The van der Waals surface area contributed by atoms with Crippen molar-refractivity contribution in [1.82, 2.24) is 5.32 Å². The third-order valence-electron chi connectivity index (χ3n) is 2.89. The fourth-order valence-corrected chi connectivity index (χ4v) is 1.99. The third kappa shape index (κ3) is 4.40. The van der Waals surface area contributed by atoms with E-state index in [0.717, 1.165) is 29.7 Å². The van der Waals surface area contributed by atoms with Crippen molar-refractivity contribution in [3.8, 4) is 5.75 Å². The van der Waals surface area contributed by atoms with E-state index in [4.69, 9.17) is 4.74 Å². The molecule has 1 amide bonds. The van der Waals surface area contributed by atoms with Crippen LogP contribution < -0.4 is 10.1 Å². The van der Waals surface area contributed by atoms with Gasteiger partial charge in [-0.2, -0.15) is 0 Å². The molecule has 100 valence electrons. The number of hydrogen-bond acceptors (Lipinski definition) is 2. The highest BCUT2D eigenvalue weighted by atomic mass is 16.5. The van der Waals surface area contributed by atoms with Crippen LogP contribution in [0.15, 0.2) is 18.2 Å². The molecule has 3 nitrogen and oxygen atoms in total. The van der Waals surface area contributed by atoms with E-state index in [1.165, 1.54) is 0 Å². The number of nitrogens with one attached hydrogen (secondary N) is 1. The SMILES string of the molecule is CCC[C@H](C)NC(=O)COc1c(C)cccc1C. The van der Waals surface area contributed by atoms with E-state index in [1.54, 1.807) is 0 Å². The van der Waals surface area contributed by atoms with Crippen molar-refractivity contribution in [2.75, 3.05) is 6.61 Å². The maximum Gasteiger partial charge on any atom is 0.258 e. The Kier molecular flexibility index (Phi) is 5.69. The van der Waals surface area contributed by atoms with Gasteiger partial charge in [-0.3, -0.25) is 4.79 Å². The smallest absolute Gasteiger partial charge is 0.258 e. The Labute approximate surface area is 110 Å². The fourth-order valence-electron chi connectivity index (χ4n) is 1.99. The zero-order valence-corrected chi connectivity index (χ0v) is 11.7. The van der Waals surface area contributed by atoms with E-state index in [0.29, 0.717) is 0 Å². The fraction of sp³-hybridized carbons (Fsp3) is 0.533. The molecule has 0 saturated carbocycles. The van der Waals surface area contributed by atoms with Gasteiger partial charge in [0.05, 0.1) is 0 Å². The molecule has 0 aliphatic carbocycles. The largest absolute Gasteiger partial charge is 0.483 e. The topological polar surface area (TPSA) is 38.3 Å². The molecule has 3 heteroatoms. The highest BCUT2D eigenvalue weighted by Crippen LogP contribution is 2.21. The Morgan fingerprint density at radius 3 is 2.50 bits per heavy atom. The van der Waals surface area contributed by atoms with Crippen molar-refractivity contribution in [2.45, 2.75) is 46.6 Å². The monoisotopic (exact) mass is 249 g/mol. The number of carbonyl (C=O) groups excluding carboxylic acids is 1. The lowest BCUT2D eigenvalue weighted by Gasteiger charge is -2.15. The first-order chi connectivity index (χ1) is 8.54.